The molecule has 0 aliphatic carbocycles. The van der Waals surface area contributed by atoms with Gasteiger partial charge in [0, 0.05) is 11.3 Å². The molecule has 0 fully saturated rings. The summed E-state index contributed by atoms with van der Waals surface area (Å²) in [5.41, 5.74) is 0.820. The fraction of sp³-hybridized carbons (Fsp3) is 0.235. The molecule has 8 heteroatoms. The van der Waals surface area contributed by atoms with Crippen LogP contribution in [0.15, 0.2) is 52.3 Å². The van der Waals surface area contributed by atoms with Gasteiger partial charge in [-0.25, -0.2) is 8.42 Å². The molecule has 6 nitrogen and oxygen atoms in total. The number of carbonyl (C=O) groups is 1. The Hall–Kier alpha value is -2.19. The first-order chi connectivity index (χ1) is 11.9. The van der Waals surface area contributed by atoms with Crippen molar-refractivity contribution in [3.63, 3.8) is 0 Å². The molecule has 0 heterocycles. The van der Waals surface area contributed by atoms with E-state index in [0.717, 1.165) is 4.90 Å². The van der Waals surface area contributed by atoms with Crippen LogP contribution in [0.5, 0.6) is 5.75 Å². The molecule has 0 saturated heterocycles. The summed E-state index contributed by atoms with van der Waals surface area (Å²) in [7, 11) is -2.35. The van der Waals surface area contributed by atoms with Crippen LogP contribution in [0.4, 0.5) is 11.4 Å². The minimum Gasteiger partial charge on any atom is -0.495 e. The summed E-state index contributed by atoms with van der Waals surface area (Å²) in [6, 6.07) is 11.5. The van der Waals surface area contributed by atoms with Crippen LogP contribution in [0.1, 0.15) is 13.3 Å². The second-order valence-electron chi connectivity index (χ2n) is 5.07. The van der Waals surface area contributed by atoms with Crippen molar-refractivity contribution in [2.45, 2.75) is 23.1 Å². The Balaban J connectivity index is 2.38. The second-order valence-corrected chi connectivity index (χ2v) is 7.60. The minimum absolute atomic E-state index is 0.0376. The quantitative estimate of drug-likeness (QED) is 0.718. The molecule has 0 unspecified atom stereocenters. The van der Waals surface area contributed by atoms with Crippen LogP contribution in [0.2, 0.25) is 0 Å². The summed E-state index contributed by atoms with van der Waals surface area (Å²) in [5, 5.41) is 2.65. The van der Waals surface area contributed by atoms with Crippen molar-refractivity contribution in [1.29, 1.82) is 0 Å². The molecule has 0 aromatic heterocycles. The first kappa shape index (κ1) is 19.1. The SMILES string of the molecule is CCC(=O)Nc1cc(S(=O)(=O)Nc2ccccc2SC)ccc1OC. The first-order valence-electron chi connectivity index (χ1n) is 7.55. The number of carbonyl (C=O) groups excluding carboxylic acids is 1. The lowest BCUT2D eigenvalue weighted by Crippen LogP contribution is -2.15. The van der Waals surface area contributed by atoms with Gasteiger partial charge in [-0.05, 0) is 36.6 Å². The Morgan fingerprint density at radius 3 is 2.52 bits per heavy atom. The van der Waals surface area contributed by atoms with Crippen LogP contribution in [0, 0.1) is 0 Å². The van der Waals surface area contributed by atoms with Crippen molar-refractivity contribution in [3.05, 3.63) is 42.5 Å². The molecule has 2 rings (SSSR count). The Kier molecular flexibility index (Phi) is 6.33. The predicted molar refractivity (Wildman–Crippen MR) is 101 cm³/mol. The van der Waals surface area contributed by atoms with E-state index in [2.05, 4.69) is 10.0 Å². The van der Waals surface area contributed by atoms with Crippen LogP contribution >= 0.6 is 11.8 Å². The lowest BCUT2D eigenvalue weighted by atomic mass is 10.3. The summed E-state index contributed by atoms with van der Waals surface area (Å²) in [5.74, 6) is 0.166. The Morgan fingerprint density at radius 1 is 1.16 bits per heavy atom. The van der Waals surface area contributed by atoms with E-state index in [-0.39, 0.29) is 17.2 Å². The van der Waals surface area contributed by atoms with Gasteiger partial charge in [0.15, 0.2) is 0 Å². The van der Waals surface area contributed by atoms with Crippen LogP contribution in [0.25, 0.3) is 0 Å². The third-order valence-electron chi connectivity index (χ3n) is 3.43. The number of ether oxygens (including phenoxy) is 1. The smallest absolute Gasteiger partial charge is 0.262 e. The van der Waals surface area contributed by atoms with Crippen LogP contribution < -0.4 is 14.8 Å². The van der Waals surface area contributed by atoms with Crippen LogP contribution in [-0.4, -0.2) is 27.7 Å². The molecule has 134 valence electrons. The van der Waals surface area contributed by atoms with Gasteiger partial charge in [0.05, 0.1) is 23.4 Å². The summed E-state index contributed by atoms with van der Waals surface area (Å²) < 4.78 is 33.2. The molecule has 0 bridgehead atoms. The zero-order valence-corrected chi connectivity index (χ0v) is 15.8. The van der Waals surface area contributed by atoms with Gasteiger partial charge >= 0.3 is 0 Å². The number of para-hydroxylation sites is 1. The van der Waals surface area contributed by atoms with E-state index in [4.69, 9.17) is 4.74 Å². The third kappa shape index (κ3) is 4.67. The van der Waals surface area contributed by atoms with Gasteiger partial charge in [-0.2, -0.15) is 0 Å². The van der Waals surface area contributed by atoms with E-state index < -0.39 is 10.0 Å². The molecule has 2 aromatic carbocycles. The molecule has 2 aromatic rings. The minimum atomic E-state index is -3.81. The molecule has 0 atom stereocenters. The number of rotatable bonds is 7. The van der Waals surface area contributed by atoms with Gasteiger partial charge in [0.25, 0.3) is 10.0 Å². The Bertz CT molecular complexity index is 867. The molecule has 0 saturated carbocycles. The first-order valence-corrected chi connectivity index (χ1v) is 10.3. The van der Waals surface area contributed by atoms with E-state index in [1.807, 2.05) is 18.4 Å². The molecule has 0 aliphatic heterocycles. The topological polar surface area (TPSA) is 84.5 Å². The fourth-order valence-corrected chi connectivity index (χ4v) is 3.85. The average Bonchev–Trinajstić information content (AvgIpc) is 2.61. The maximum Gasteiger partial charge on any atom is 0.262 e. The van der Waals surface area contributed by atoms with Gasteiger partial charge in [0.2, 0.25) is 5.91 Å². The number of anilines is 2. The summed E-state index contributed by atoms with van der Waals surface area (Å²) in [6.07, 6.45) is 2.15. The summed E-state index contributed by atoms with van der Waals surface area (Å²) in [4.78, 5) is 12.5. The molecule has 1 amide bonds. The van der Waals surface area contributed by atoms with Gasteiger partial charge in [-0.1, -0.05) is 19.1 Å². The number of methoxy groups -OCH3 is 1. The number of amides is 1. The Labute approximate surface area is 152 Å². The molecule has 2 N–H and O–H groups in total. The second kappa shape index (κ2) is 8.26. The van der Waals surface area contributed by atoms with E-state index >= 15 is 0 Å². The lowest BCUT2D eigenvalue weighted by Gasteiger charge is -2.14. The van der Waals surface area contributed by atoms with Crippen molar-refractivity contribution in [3.8, 4) is 5.75 Å². The van der Waals surface area contributed by atoms with Crippen molar-refractivity contribution >= 4 is 39.1 Å². The number of nitrogens with one attached hydrogen (secondary N) is 2. The van der Waals surface area contributed by atoms with Crippen molar-refractivity contribution < 1.29 is 17.9 Å². The number of thioether (sulfide) groups is 1. The van der Waals surface area contributed by atoms with E-state index in [1.165, 1.54) is 37.1 Å². The third-order valence-corrected chi connectivity index (χ3v) is 5.59. The van der Waals surface area contributed by atoms with Gasteiger partial charge in [0.1, 0.15) is 5.75 Å². The van der Waals surface area contributed by atoms with Crippen LogP contribution in [0.3, 0.4) is 0 Å². The zero-order chi connectivity index (χ0) is 18.4. The van der Waals surface area contributed by atoms with Crippen molar-refractivity contribution in [2.75, 3.05) is 23.4 Å². The molecular weight excluding hydrogens is 360 g/mol. The van der Waals surface area contributed by atoms with Gasteiger partial charge in [-0.15, -0.1) is 11.8 Å². The van der Waals surface area contributed by atoms with Crippen LogP contribution in [-0.2, 0) is 14.8 Å². The van der Waals surface area contributed by atoms with E-state index in [0.29, 0.717) is 17.1 Å². The largest absolute Gasteiger partial charge is 0.495 e. The summed E-state index contributed by atoms with van der Waals surface area (Å²) >= 11 is 1.45. The molecule has 0 spiro atoms. The van der Waals surface area contributed by atoms with E-state index in [9.17, 15) is 13.2 Å². The highest BCUT2D eigenvalue weighted by Crippen LogP contribution is 2.30. The highest BCUT2D eigenvalue weighted by atomic mass is 32.2. The Morgan fingerprint density at radius 2 is 1.88 bits per heavy atom. The normalized spacial score (nSPS) is 11.0. The molecule has 0 aliphatic rings. The standard InChI is InChI=1S/C17H20N2O4S2/c1-4-17(20)18-14-11-12(9-10-15(14)23-2)25(21,22)19-13-7-5-6-8-16(13)24-3/h5-11,19H,4H2,1-3H3,(H,18,20). The highest BCUT2D eigenvalue weighted by molar-refractivity contribution is 7.99. The monoisotopic (exact) mass is 380 g/mol. The van der Waals surface area contributed by atoms with Crippen molar-refractivity contribution in [2.24, 2.45) is 0 Å². The molecular formula is C17H20N2O4S2. The number of sulfonamides is 1. The highest BCUT2D eigenvalue weighted by Gasteiger charge is 2.18. The van der Waals surface area contributed by atoms with E-state index in [1.54, 1.807) is 19.1 Å². The molecule has 25 heavy (non-hydrogen) atoms. The maximum atomic E-state index is 12.7. The number of hydrogen-bond donors (Lipinski definition) is 2. The average molecular weight is 380 g/mol. The zero-order valence-electron chi connectivity index (χ0n) is 14.2. The van der Waals surface area contributed by atoms with Gasteiger partial charge in [-0.3, -0.25) is 9.52 Å². The number of hydrogen-bond acceptors (Lipinski definition) is 5. The summed E-state index contributed by atoms with van der Waals surface area (Å²) in [6.45, 7) is 1.71. The number of benzene rings is 2. The lowest BCUT2D eigenvalue weighted by molar-refractivity contribution is -0.115. The predicted octanol–water partition coefficient (Wildman–Crippen LogP) is 3.57. The fourth-order valence-electron chi connectivity index (χ4n) is 2.12. The van der Waals surface area contributed by atoms with Gasteiger partial charge < -0.3 is 10.1 Å². The van der Waals surface area contributed by atoms with Crippen molar-refractivity contribution in [1.82, 2.24) is 0 Å². The molecule has 0 radical (unpaired) electrons. The maximum absolute atomic E-state index is 12.7.